The largest absolute Gasteiger partial charge is 0.478 e. The van der Waals surface area contributed by atoms with Crippen LogP contribution in [0.3, 0.4) is 0 Å². The number of hydrogen-bond donors (Lipinski definition) is 2. The number of nitrogens with one attached hydrogen (secondary N) is 1. The molecule has 7 heteroatoms. The second-order valence-corrected chi connectivity index (χ2v) is 5.96. The molecule has 0 saturated carbocycles. The van der Waals surface area contributed by atoms with E-state index in [1.54, 1.807) is 6.92 Å². The predicted octanol–water partition coefficient (Wildman–Crippen LogP) is 0.839. The number of sulfonamides is 1. The lowest BCUT2D eigenvalue weighted by Gasteiger charge is -2.11. The highest BCUT2D eigenvalue weighted by Gasteiger charge is 2.13. The van der Waals surface area contributed by atoms with Crippen LogP contribution in [-0.4, -0.2) is 39.3 Å². The smallest absolute Gasteiger partial charge is 0.335 e. The van der Waals surface area contributed by atoms with Gasteiger partial charge in [-0.1, -0.05) is 12.1 Å². The molecule has 106 valence electrons. The molecule has 0 radical (unpaired) electrons. The monoisotopic (exact) mass is 287 g/mol. The minimum atomic E-state index is -3.45. The average molecular weight is 287 g/mol. The highest BCUT2D eigenvalue weighted by molar-refractivity contribution is 7.88. The van der Waals surface area contributed by atoms with Crippen LogP contribution in [0.2, 0.25) is 0 Å². The van der Waals surface area contributed by atoms with E-state index in [-0.39, 0.29) is 24.0 Å². The molecular formula is C12H17NO5S. The Morgan fingerprint density at radius 1 is 1.37 bits per heavy atom. The lowest BCUT2D eigenvalue weighted by molar-refractivity contribution is 0.0697. The highest BCUT2D eigenvalue weighted by Crippen LogP contribution is 2.08. The Morgan fingerprint density at radius 3 is 2.42 bits per heavy atom. The van der Waals surface area contributed by atoms with Gasteiger partial charge in [-0.15, -0.1) is 0 Å². The SMILES string of the molecule is COC(C)CNS(=O)(=O)Cc1ccc(C(=O)O)cc1. The van der Waals surface area contributed by atoms with Crippen molar-refractivity contribution in [1.82, 2.24) is 4.72 Å². The van der Waals surface area contributed by atoms with E-state index in [4.69, 9.17) is 9.84 Å². The van der Waals surface area contributed by atoms with Gasteiger partial charge in [-0.05, 0) is 24.6 Å². The predicted molar refractivity (Wildman–Crippen MR) is 70.5 cm³/mol. The Morgan fingerprint density at radius 2 is 1.95 bits per heavy atom. The summed E-state index contributed by atoms with van der Waals surface area (Å²) in [4.78, 5) is 10.7. The van der Waals surface area contributed by atoms with Gasteiger partial charge in [0.15, 0.2) is 0 Å². The van der Waals surface area contributed by atoms with Crippen LogP contribution in [0.5, 0.6) is 0 Å². The fourth-order valence-corrected chi connectivity index (χ4v) is 2.56. The number of rotatable bonds is 7. The Balaban J connectivity index is 2.65. The molecule has 6 nitrogen and oxygen atoms in total. The molecule has 0 aromatic heterocycles. The first-order valence-electron chi connectivity index (χ1n) is 5.66. The highest BCUT2D eigenvalue weighted by atomic mass is 32.2. The van der Waals surface area contributed by atoms with Gasteiger partial charge in [0.25, 0.3) is 0 Å². The molecule has 0 heterocycles. The third kappa shape index (κ3) is 5.37. The number of benzene rings is 1. The lowest BCUT2D eigenvalue weighted by Crippen LogP contribution is -2.32. The minimum Gasteiger partial charge on any atom is -0.478 e. The molecule has 0 aliphatic heterocycles. The maximum absolute atomic E-state index is 11.8. The summed E-state index contributed by atoms with van der Waals surface area (Å²) in [6, 6.07) is 5.74. The summed E-state index contributed by atoms with van der Waals surface area (Å²) in [5.74, 6) is -1.23. The Hall–Kier alpha value is -1.44. The number of aromatic carboxylic acids is 1. The van der Waals surface area contributed by atoms with Crippen LogP contribution in [0, 0.1) is 0 Å². The number of ether oxygens (including phenoxy) is 1. The van der Waals surface area contributed by atoms with Gasteiger partial charge in [0, 0.05) is 13.7 Å². The summed E-state index contributed by atoms with van der Waals surface area (Å²) in [6.45, 7) is 1.95. The van der Waals surface area contributed by atoms with E-state index in [0.29, 0.717) is 5.56 Å². The third-order valence-corrected chi connectivity index (χ3v) is 3.87. The van der Waals surface area contributed by atoms with Crippen molar-refractivity contribution in [3.63, 3.8) is 0 Å². The van der Waals surface area contributed by atoms with Crippen molar-refractivity contribution < 1.29 is 23.1 Å². The molecule has 0 spiro atoms. The van der Waals surface area contributed by atoms with E-state index >= 15 is 0 Å². The van der Waals surface area contributed by atoms with E-state index in [2.05, 4.69) is 4.72 Å². The number of methoxy groups -OCH3 is 1. The molecule has 0 amide bonds. The first kappa shape index (κ1) is 15.6. The molecule has 2 N–H and O–H groups in total. The number of carboxylic acid groups (broad SMARTS) is 1. The summed E-state index contributed by atoms with van der Waals surface area (Å²) >= 11 is 0. The average Bonchev–Trinajstić information content (AvgIpc) is 2.36. The summed E-state index contributed by atoms with van der Waals surface area (Å²) in [5, 5.41) is 8.74. The van der Waals surface area contributed by atoms with Gasteiger partial charge in [0.1, 0.15) is 0 Å². The molecule has 1 rings (SSSR count). The minimum absolute atomic E-state index is 0.127. The fraction of sp³-hybridized carbons (Fsp3) is 0.417. The normalized spacial score (nSPS) is 13.2. The molecule has 0 saturated heterocycles. The van der Waals surface area contributed by atoms with Crippen molar-refractivity contribution in [2.24, 2.45) is 0 Å². The van der Waals surface area contributed by atoms with Crippen molar-refractivity contribution in [2.75, 3.05) is 13.7 Å². The number of carboxylic acids is 1. The van der Waals surface area contributed by atoms with Gasteiger partial charge in [-0.3, -0.25) is 0 Å². The van der Waals surface area contributed by atoms with Crippen LogP contribution < -0.4 is 4.72 Å². The molecule has 0 fully saturated rings. The molecule has 1 aromatic carbocycles. The quantitative estimate of drug-likeness (QED) is 0.775. The molecule has 19 heavy (non-hydrogen) atoms. The van der Waals surface area contributed by atoms with E-state index in [0.717, 1.165) is 0 Å². The first-order chi connectivity index (χ1) is 8.84. The summed E-state index contributed by atoms with van der Waals surface area (Å²) in [5.41, 5.74) is 0.657. The third-order valence-electron chi connectivity index (χ3n) is 2.55. The number of hydrogen-bond acceptors (Lipinski definition) is 4. The van der Waals surface area contributed by atoms with Gasteiger partial charge >= 0.3 is 5.97 Å². The van der Waals surface area contributed by atoms with Gasteiger partial charge < -0.3 is 9.84 Å². The van der Waals surface area contributed by atoms with Gasteiger partial charge in [0.05, 0.1) is 17.4 Å². The Bertz CT molecular complexity index is 524. The Labute approximate surface area is 112 Å². The van der Waals surface area contributed by atoms with Gasteiger partial charge in [0.2, 0.25) is 10.0 Å². The van der Waals surface area contributed by atoms with Gasteiger partial charge in [-0.25, -0.2) is 17.9 Å². The van der Waals surface area contributed by atoms with Crippen molar-refractivity contribution in [2.45, 2.75) is 18.8 Å². The van der Waals surface area contributed by atoms with E-state index in [9.17, 15) is 13.2 Å². The number of carbonyl (C=O) groups is 1. The summed E-state index contributed by atoms with van der Waals surface area (Å²) in [6.07, 6.45) is -0.204. The molecule has 0 bridgehead atoms. The molecular weight excluding hydrogens is 270 g/mol. The first-order valence-corrected chi connectivity index (χ1v) is 7.31. The van der Waals surface area contributed by atoms with Crippen LogP contribution in [0.15, 0.2) is 24.3 Å². The van der Waals surface area contributed by atoms with Crippen LogP contribution >= 0.6 is 0 Å². The molecule has 0 aliphatic carbocycles. The maximum Gasteiger partial charge on any atom is 0.335 e. The molecule has 1 unspecified atom stereocenters. The zero-order valence-electron chi connectivity index (χ0n) is 10.8. The summed E-state index contributed by atoms with van der Waals surface area (Å²) < 4.78 is 30.9. The van der Waals surface area contributed by atoms with Crippen molar-refractivity contribution in [1.29, 1.82) is 0 Å². The summed E-state index contributed by atoms with van der Waals surface area (Å²) in [7, 11) is -1.95. The van der Waals surface area contributed by atoms with Crippen LogP contribution in [-0.2, 0) is 20.5 Å². The van der Waals surface area contributed by atoms with Crippen LogP contribution in [0.4, 0.5) is 0 Å². The van der Waals surface area contributed by atoms with Gasteiger partial charge in [-0.2, -0.15) is 0 Å². The zero-order chi connectivity index (χ0) is 14.5. The van der Waals surface area contributed by atoms with E-state index in [1.165, 1.54) is 31.4 Å². The second-order valence-electron chi connectivity index (χ2n) is 4.16. The Kier molecular flexibility index (Phi) is 5.46. The van der Waals surface area contributed by atoms with Crippen LogP contribution in [0.1, 0.15) is 22.8 Å². The lowest BCUT2D eigenvalue weighted by atomic mass is 10.1. The molecule has 1 atom stereocenters. The van der Waals surface area contributed by atoms with Crippen molar-refractivity contribution in [3.8, 4) is 0 Å². The van der Waals surface area contributed by atoms with Crippen molar-refractivity contribution in [3.05, 3.63) is 35.4 Å². The van der Waals surface area contributed by atoms with Crippen LogP contribution in [0.25, 0.3) is 0 Å². The second kappa shape index (κ2) is 6.65. The molecule has 0 aliphatic rings. The standard InChI is InChI=1S/C12H17NO5S/c1-9(18-2)7-13-19(16,17)8-10-3-5-11(6-4-10)12(14)15/h3-6,9,13H,7-8H2,1-2H3,(H,14,15). The fourth-order valence-electron chi connectivity index (χ4n) is 1.34. The van der Waals surface area contributed by atoms with E-state index in [1.807, 2.05) is 0 Å². The van der Waals surface area contributed by atoms with E-state index < -0.39 is 16.0 Å². The topological polar surface area (TPSA) is 92.7 Å². The molecule has 1 aromatic rings. The van der Waals surface area contributed by atoms with Crippen molar-refractivity contribution >= 4 is 16.0 Å². The zero-order valence-corrected chi connectivity index (χ0v) is 11.6. The maximum atomic E-state index is 11.8.